The lowest BCUT2D eigenvalue weighted by Crippen LogP contribution is -2.40. The van der Waals surface area contributed by atoms with E-state index in [1.54, 1.807) is 26.4 Å². The van der Waals surface area contributed by atoms with Gasteiger partial charge in [-0.05, 0) is 50.3 Å². The van der Waals surface area contributed by atoms with Crippen LogP contribution in [0.15, 0.2) is 30.5 Å². The highest BCUT2D eigenvalue weighted by Crippen LogP contribution is 2.42. The van der Waals surface area contributed by atoms with E-state index in [-0.39, 0.29) is 12.0 Å². The predicted octanol–water partition coefficient (Wildman–Crippen LogP) is 5.20. The fraction of sp³-hybridized carbons (Fsp3) is 0.500. The van der Waals surface area contributed by atoms with Gasteiger partial charge in [0.1, 0.15) is 17.1 Å². The molecule has 3 aromatic rings. The van der Waals surface area contributed by atoms with Gasteiger partial charge in [0.2, 0.25) is 5.88 Å². The maximum absolute atomic E-state index is 10.6. The summed E-state index contributed by atoms with van der Waals surface area (Å²) in [6.45, 7) is 3.48. The van der Waals surface area contributed by atoms with E-state index in [0.717, 1.165) is 56.0 Å². The van der Waals surface area contributed by atoms with Gasteiger partial charge in [0, 0.05) is 31.1 Å². The molecule has 0 radical (unpaired) electrons. The zero-order valence-electron chi connectivity index (χ0n) is 22.3. The topological polar surface area (TPSA) is 107 Å². The van der Waals surface area contributed by atoms with Crippen LogP contribution < -0.4 is 24.8 Å². The first-order valence-electron chi connectivity index (χ1n) is 13.1. The summed E-state index contributed by atoms with van der Waals surface area (Å²) in [5.41, 5.74) is 2.35. The van der Waals surface area contributed by atoms with Gasteiger partial charge < -0.3 is 24.8 Å². The molecule has 0 aliphatic heterocycles. The largest absolute Gasteiger partial charge is 0.489 e. The van der Waals surface area contributed by atoms with Gasteiger partial charge in [-0.1, -0.05) is 24.9 Å². The summed E-state index contributed by atoms with van der Waals surface area (Å²) in [5.74, 6) is 2.27. The van der Waals surface area contributed by atoms with Crippen LogP contribution in [0, 0.1) is 5.41 Å². The summed E-state index contributed by atoms with van der Waals surface area (Å²) >= 11 is 6.51. The highest BCUT2D eigenvalue weighted by molar-refractivity contribution is 6.32. The van der Waals surface area contributed by atoms with Crippen molar-refractivity contribution >= 4 is 34.7 Å². The third-order valence-corrected chi connectivity index (χ3v) is 7.46. The quantitative estimate of drug-likeness (QED) is 0.282. The molecule has 9 nitrogen and oxygen atoms in total. The Bertz CT molecular complexity index is 1230. The lowest BCUT2D eigenvalue weighted by Gasteiger charge is -2.40. The number of fused-ring (bicyclic) bond motifs is 1. The maximum atomic E-state index is 10.6. The van der Waals surface area contributed by atoms with E-state index in [0.29, 0.717) is 52.9 Å². The molecule has 3 aromatic heterocycles. The number of aldehydes is 1. The second kappa shape index (κ2) is 13.1. The molecule has 0 amide bonds. The molecule has 204 valence electrons. The molecule has 1 aliphatic rings. The Morgan fingerprint density at radius 1 is 1.16 bits per heavy atom. The minimum atomic E-state index is 0.00749. The summed E-state index contributed by atoms with van der Waals surface area (Å²) in [5, 5.41) is 7.16. The average Bonchev–Trinajstić information content (AvgIpc) is 2.95. The van der Waals surface area contributed by atoms with Crippen LogP contribution in [0.5, 0.6) is 17.4 Å². The molecule has 0 unspecified atom stereocenters. The second-order valence-corrected chi connectivity index (χ2v) is 10.1. The van der Waals surface area contributed by atoms with Crippen LogP contribution in [0.2, 0.25) is 5.02 Å². The Hall–Kier alpha value is -3.17. The highest BCUT2D eigenvalue weighted by Gasteiger charge is 2.35. The number of anilines is 1. The summed E-state index contributed by atoms with van der Waals surface area (Å²) in [6, 6.07) is 7.83. The van der Waals surface area contributed by atoms with Crippen molar-refractivity contribution in [3.63, 3.8) is 0 Å². The number of rotatable bonds is 13. The molecule has 38 heavy (non-hydrogen) atoms. The van der Waals surface area contributed by atoms with Gasteiger partial charge >= 0.3 is 0 Å². The van der Waals surface area contributed by atoms with Crippen LogP contribution in [0.3, 0.4) is 0 Å². The molecular formula is C28H36ClN5O4. The van der Waals surface area contributed by atoms with Crippen LogP contribution in [0.1, 0.15) is 51.1 Å². The SMILES string of the molecule is CCCC1(COc2c(Cl)cnc3ccc(OC)nc23)CCC(NCc2ccc(OCC=O)c(NC)n2)CC1. The first-order chi connectivity index (χ1) is 18.5. The molecule has 0 saturated heterocycles. The third kappa shape index (κ3) is 6.63. The van der Waals surface area contributed by atoms with E-state index >= 15 is 0 Å². The molecule has 0 spiro atoms. The van der Waals surface area contributed by atoms with Gasteiger partial charge in [-0.3, -0.25) is 9.78 Å². The van der Waals surface area contributed by atoms with Gasteiger partial charge in [0.05, 0.1) is 31.1 Å². The average molecular weight is 542 g/mol. The smallest absolute Gasteiger partial charge is 0.213 e. The second-order valence-electron chi connectivity index (χ2n) is 9.73. The van der Waals surface area contributed by atoms with Crippen LogP contribution in [-0.2, 0) is 11.3 Å². The van der Waals surface area contributed by atoms with Gasteiger partial charge in [0.25, 0.3) is 0 Å². The summed E-state index contributed by atoms with van der Waals surface area (Å²) in [6.07, 6.45) is 8.76. The molecule has 1 fully saturated rings. The van der Waals surface area contributed by atoms with Gasteiger partial charge in [-0.15, -0.1) is 0 Å². The van der Waals surface area contributed by atoms with E-state index in [1.807, 2.05) is 18.2 Å². The molecule has 1 saturated carbocycles. The van der Waals surface area contributed by atoms with Crippen LogP contribution in [0.4, 0.5) is 5.82 Å². The number of hydrogen-bond donors (Lipinski definition) is 2. The van der Waals surface area contributed by atoms with Gasteiger partial charge in [-0.2, -0.15) is 0 Å². The zero-order chi connectivity index (χ0) is 27.0. The molecule has 3 heterocycles. The van der Waals surface area contributed by atoms with Gasteiger partial charge in [0.15, 0.2) is 23.6 Å². The molecule has 0 aromatic carbocycles. The Morgan fingerprint density at radius 3 is 2.68 bits per heavy atom. The lowest BCUT2D eigenvalue weighted by atomic mass is 9.70. The van der Waals surface area contributed by atoms with E-state index in [2.05, 4.69) is 32.5 Å². The maximum Gasteiger partial charge on any atom is 0.213 e. The molecule has 10 heteroatoms. The minimum Gasteiger partial charge on any atom is -0.489 e. The van der Waals surface area contributed by atoms with Crippen molar-refractivity contribution in [1.29, 1.82) is 0 Å². The highest BCUT2D eigenvalue weighted by atomic mass is 35.5. The Balaban J connectivity index is 1.37. The van der Waals surface area contributed by atoms with E-state index in [9.17, 15) is 4.79 Å². The van der Waals surface area contributed by atoms with Crippen molar-refractivity contribution in [2.75, 3.05) is 32.7 Å². The number of hydrogen-bond acceptors (Lipinski definition) is 9. The number of methoxy groups -OCH3 is 1. The lowest BCUT2D eigenvalue weighted by molar-refractivity contribution is -0.109. The summed E-state index contributed by atoms with van der Waals surface area (Å²) in [7, 11) is 3.38. The number of aromatic nitrogens is 3. The van der Waals surface area contributed by atoms with Crippen LogP contribution >= 0.6 is 11.6 Å². The molecule has 0 atom stereocenters. The van der Waals surface area contributed by atoms with Crippen LogP contribution in [0.25, 0.3) is 11.0 Å². The molecule has 1 aliphatic carbocycles. The van der Waals surface area contributed by atoms with E-state index in [1.165, 1.54) is 0 Å². The van der Waals surface area contributed by atoms with Crippen molar-refractivity contribution in [3.05, 3.63) is 41.2 Å². The fourth-order valence-corrected chi connectivity index (χ4v) is 5.36. The standard InChI is InChI=1S/C28H36ClN5O4/c1-4-11-28(18-38-26-21(29)17-32-22-6-8-24(36-3)34-25(22)26)12-9-19(10-13-28)31-16-20-5-7-23(37-15-14-35)27(30-2)33-20/h5-8,14,17,19,31H,4,9-13,15-16,18H2,1-3H3,(H,30,33). The van der Waals surface area contributed by atoms with Crippen LogP contribution in [-0.4, -0.2) is 54.7 Å². The number of ether oxygens (including phenoxy) is 3. The number of nitrogens with zero attached hydrogens (tertiary/aromatic N) is 3. The zero-order valence-corrected chi connectivity index (χ0v) is 23.0. The van der Waals surface area contributed by atoms with Crippen molar-refractivity contribution in [1.82, 2.24) is 20.3 Å². The number of nitrogens with one attached hydrogen (secondary N) is 2. The number of carbonyl (C=O) groups excluding carboxylic acids is 1. The van der Waals surface area contributed by atoms with Crippen molar-refractivity contribution in [2.24, 2.45) is 5.41 Å². The molecule has 4 rings (SSSR count). The fourth-order valence-electron chi connectivity index (χ4n) is 5.16. The Morgan fingerprint density at radius 2 is 1.97 bits per heavy atom. The van der Waals surface area contributed by atoms with E-state index in [4.69, 9.17) is 25.8 Å². The minimum absolute atomic E-state index is 0.00749. The van der Waals surface area contributed by atoms with E-state index < -0.39 is 0 Å². The van der Waals surface area contributed by atoms with Crippen molar-refractivity contribution < 1.29 is 19.0 Å². The Kier molecular flexibility index (Phi) is 9.58. The van der Waals surface area contributed by atoms with Crippen molar-refractivity contribution in [3.8, 4) is 17.4 Å². The third-order valence-electron chi connectivity index (χ3n) is 7.19. The summed E-state index contributed by atoms with van der Waals surface area (Å²) in [4.78, 5) is 24.2. The number of halogens is 1. The predicted molar refractivity (Wildman–Crippen MR) is 148 cm³/mol. The first-order valence-corrected chi connectivity index (χ1v) is 13.5. The van der Waals surface area contributed by atoms with Gasteiger partial charge in [-0.25, -0.2) is 9.97 Å². The molecular weight excluding hydrogens is 506 g/mol. The monoisotopic (exact) mass is 541 g/mol. The first kappa shape index (κ1) is 27.9. The molecule has 0 bridgehead atoms. The summed E-state index contributed by atoms with van der Waals surface area (Å²) < 4.78 is 17.1. The molecule has 2 N–H and O–H groups in total. The number of pyridine rings is 3. The van der Waals surface area contributed by atoms with Crippen molar-refractivity contribution in [2.45, 2.75) is 58.0 Å². The Labute approximate surface area is 228 Å². The number of carbonyl (C=O) groups is 1. The normalized spacial score (nSPS) is 19.2.